The predicted octanol–water partition coefficient (Wildman–Crippen LogP) is 1.67. The Labute approximate surface area is 105 Å². The molecule has 1 saturated heterocycles. The van der Waals surface area contributed by atoms with Gasteiger partial charge in [-0.2, -0.15) is 0 Å². The Bertz CT molecular complexity index is 343. The van der Waals surface area contributed by atoms with Crippen LogP contribution in [0.1, 0.15) is 13.3 Å². The third-order valence-corrected chi connectivity index (χ3v) is 3.80. The van der Waals surface area contributed by atoms with Crippen molar-refractivity contribution in [3.8, 4) is 0 Å². The zero-order chi connectivity index (χ0) is 12.4. The third kappa shape index (κ3) is 2.38. The van der Waals surface area contributed by atoms with E-state index in [1.807, 2.05) is 6.20 Å². The molecule has 4 nitrogen and oxygen atoms in total. The molecule has 1 fully saturated rings. The molecule has 92 valence electrons. The minimum absolute atomic E-state index is 0.444. The van der Waals surface area contributed by atoms with Crippen LogP contribution in [0.4, 0.5) is 5.82 Å². The molecular weight excluding hydrogens is 210 g/mol. The lowest BCUT2D eigenvalue weighted by Gasteiger charge is -2.48. The maximum absolute atomic E-state index is 3.31. The molecule has 0 aliphatic carbocycles. The van der Waals surface area contributed by atoms with E-state index in [-0.39, 0.29) is 0 Å². The van der Waals surface area contributed by atoms with Crippen molar-refractivity contribution in [1.29, 1.82) is 0 Å². The number of rotatable bonds is 3. The van der Waals surface area contributed by atoms with Crippen LogP contribution in [-0.4, -0.2) is 48.7 Å². The molecule has 2 rings (SSSR count). The SMILES string of the molecule is CCCN1B(C)N(C)CN(c2ccc[nH]2)B1C. The standard InChI is InChI=1S/C11H22B2N4/c1-5-9-17-12(2)15(4)10-16(13(17)3)11-7-6-8-14-11/h6-8,14H,5,9-10H2,1-4H3. The van der Waals surface area contributed by atoms with Crippen molar-refractivity contribution in [3.63, 3.8) is 0 Å². The zero-order valence-electron chi connectivity index (χ0n) is 11.3. The van der Waals surface area contributed by atoms with Crippen LogP contribution in [0.25, 0.3) is 0 Å². The van der Waals surface area contributed by atoms with Crippen LogP contribution in [-0.2, 0) is 0 Å². The van der Waals surface area contributed by atoms with E-state index in [1.165, 1.54) is 12.2 Å². The van der Waals surface area contributed by atoms with Crippen molar-refractivity contribution in [2.24, 2.45) is 0 Å². The highest BCUT2D eigenvalue weighted by Gasteiger charge is 2.39. The van der Waals surface area contributed by atoms with E-state index in [0.29, 0.717) is 14.0 Å². The van der Waals surface area contributed by atoms with Crippen molar-refractivity contribution < 1.29 is 0 Å². The van der Waals surface area contributed by atoms with Crippen LogP contribution in [0.15, 0.2) is 18.3 Å². The number of nitrogens with zero attached hydrogens (tertiary/aromatic N) is 3. The molecule has 1 aliphatic heterocycles. The summed E-state index contributed by atoms with van der Waals surface area (Å²) >= 11 is 0. The van der Waals surface area contributed by atoms with Crippen LogP contribution in [0, 0.1) is 0 Å². The summed E-state index contributed by atoms with van der Waals surface area (Å²) in [7, 11) is 2.19. The molecule has 6 heteroatoms. The molecule has 0 atom stereocenters. The Balaban J connectivity index is 2.18. The highest BCUT2D eigenvalue weighted by molar-refractivity contribution is 6.73. The van der Waals surface area contributed by atoms with Gasteiger partial charge in [-0.05, 0) is 32.1 Å². The fraction of sp³-hybridized carbons (Fsp3) is 0.636. The molecule has 1 aromatic heterocycles. The molecule has 0 amide bonds. The maximum atomic E-state index is 3.31. The molecule has 1 N–H and O–H groups in total. The monoisotopic (exact) mass is 232 g/mol. The molecule has 0 unspecified atom stereocenters. The first kappa shape index (κ1) is 12.6. The average Bonchev–Trinajstić information content (AvgIpc) is 2.83. The second kappa shape index (κ2) is 5.19. The predicted molar refractivity (Wildman–Crippen MR) is 76.1 cm³/mol. The first-order chi connectivity index (χ1) is 8.15. The Morgan fingerprint density at radius 2 is 2.12 bits per heavy atom. The normalized spacial score (nSPS) is 19.2. The van der Waals surface area contributed by atoms with Crippen molar-refractivity contribution in [1.82, 2.24) is 14.5 Å². The van der Waals surface area contributed by atoms with Crippen molar-refractivity contribution in [2.75, 3.05) is 25.1 Å². The largest absolute Gasteiger partial charge is 0.376 e. The lowest BCUT2D eigenvalue weighted by molar-refractivity contribution is 0.440. The van der Waals surface area contributed by atoms with Crippen LogP contribution in [0.5, 0.6) is 0 Å². The summed E-state index contributed by atoms with van der Waals surface area (Å²) in [5.74, 6) is 1.21. The van der Waals surface area contributed by atoms with Gasteiger partial charge in [0.1, 0.15) is 0 Å². The first-order valence-corrected chi connectivity index (χ1v) is 6.51. The number of aromatic amines is 1. The smallest absolute Gasteiger partial charge is 0.331 e. The second-order valence-electron chi connectivity index (χ2n) is 4.93. The molecule has 17 heavy (non-hydrogen) atoms. The van der Waals surface area contributed by atoms with E-state index >= 15 is 0 Å². The van der Waals surface area contributed by atoms with Gasteiger partial charge in [0.2, 0.25) is 0 Å². The van der Waals surface area contributed by atoms with Gasteiger partial charge in [0.15, 0.2) is 0 Å². The van der Waals surface area contributed by atoms with Gasteiger partial charge in [-0.15, -0.1) is 0 Å². The van der Waals surface area contributed by atoms with Gasteiger partial charge < -0.3 is 19.3 Å². The molecule has 0 aromatic carbocycles. The van der Waals surface area contributed by atoms with E-state index < -0.39 is 0 Å². The van der Waals surface area contributed by atoms with E-state index in [2.05, 4.69) is 59.1 Å². The minimum atomic E-state index is 0.444. The van der Waals surface area contributed by atoms with Crippen LogP contribution < -0.4 is 4.81 Å². The molecule has 1 aliphatic rings. The van der Waals surface area contributed by atoms with Crippen LogP contribution in [0.2, 0.25) is 13.6 Å². The molecule has 0 saturated carbocycles. The number of hydrogen-bond acceptors (Lipinski definition) is 3. The summed E-state index contributed by atoms with van der Waals surface area (Å²) in [4.78, 5) is 8.11. The second-order valence-corrected chi connectivity index (χ2v) is 4.93. The van der Waals surface area contributed by atoms with Gasteiger partial charge in [-0.25, -0.2) is 0 Å². The lowest BCUT2D eigenvalue weighted by atomic mass is 9.58. The van der Waals surface area contributed by atoms with Crippen molar-refractivity contribution in [3.05, 3.63) is 18.3 Å². The topological polar surface area (TPSA) is 25.5 Å². The summed E-state index contributed by atoms with van der Waals surface area (Å²) in [6, 6.07) is 4.20. The van der Waals surface area contributed by atoms with Gasteiger partial charge in [0.25, 0.3) is 6.98 Å². The van der Waals surface area contributed by atoms with Gasteiger partial charge in [0, 0.05) is 6.20 Å². The lowest BCUT2D eigenvalue weighted by Crippen LogP contribution is -2.69. The van der Waals surface area contributed by atoms with Crippen LogP contribution >= 0.6 is 0 Å². The Hall–Kier alpha value is -0.870. The minimum Gasteiger partial charge on any atom is -0.376 e. The van der Waals surface area contributed by atoms with Crippen LogP contribution in [0.3, 0.4) is 0 Å². The van der Waals surface area contributed by atoms with E-state index in [1.54, 1.807) is 0 Å². The molecule has 0 radical (unpaired) electrons. The van der Waals surface area contributed by atoms with Gasteiger partial charge in [0.05, 0.1) is 12.5 Å². The first-order valence-electron chi connectivity index (χ1n) is 6.51. The molecule has 0 bridgehead atoms. The van der Waals surface area contributed by atoms with Crippen molar-refractivity contribution >= 4 is 19.8 Å². The maximum Gasteiger partial charge on any atom is 0.331 e. The van der Waals surface area contributed by atoms with E-state index in [9.17, 15) is 0 Å². The fourth-order valence-electron chi connectivity index (χ4n) is 2.63. The summed E-state index contributed by atoms with van der Waals surface area (Å²) in [5, 5.41) is 0. The quantitative estimate of drug-likeness (QED) is 0.802. The molecule has 1 aromatic rings. The molecule has 0 spiro atoms. The summed E-state index contributed by atoms with van der Waals surface area (Å²) < 4.78 is 2.55. The van der Waals surface area contributed by atoms with Gasteiger partial charge in [-0.1, -0.05) is 20.6 Å². The van der Waals surface area contributed by atoms with Gasteiger partial charge in [-0.3, -0.25) is 0 Å². The number of nitrogens with one attached hydrogen (secondary N) is 1. The number of aromatic nitrogens is 1. The van der Waals surface area contributed by atoms with Crippen molar-refractivity contribution in [2.45, 2.75) is 27.0 Å². The number of H-pyrrole nitrogens is 1. The molecule has 2 heterocycles. The number of hydrogen-bond donors (Lipinski definition) is 1. The zero-order valence-corrected chi connectivity index (χ0v) is 11.3. The summed E-state index contributed by atoms with van der Waals surface area (Å²) in [5.41, 5.74) is 0. The Kier molecular flexibility index (Phi) is 3.84. The summed E-state index contributed by atoms with van der Waals surface area (Å²) in [6.45, 7) is 9.90. The molecular formula is C11H22B2N4. The fourth-order valence-corrected chi connectivity index (χ4v) is 2.63. The highest BCUT2D eigenvalue weighted by Crippen LogP contribution is 2.21. The van der Waals surface area contributed by atoms with E-state index in [0.717, 1.165) is 13.2 Å². The highest BCUT2D eigenvalue weighted by atomic mass is 15.4. The summed E-state index contributed by atoms with van der Waals surface area (Å²) in [6.07, 6.45) is 3.19. The Morgan fingerprint density at radius 3 is 2.71 bits per heavy atom. The number of anilines is 1. The Morgan fingerprint density at radius 1 is 1.35 bits per heavy atom. The van der Waals surface area contributed by atoms with E-state index in [4.69, 9.17) is 0 Å². The average molecular weight is 232 g/mol. The third-order valence-electron chi connectivity index (χ3n) is 3.80. The van der Waals surface area contributed by atoms with Gasteiger partial charge >= 0.3 is 6.98 Å².